The molecule has 2 aromatic rings. The first-order valence-corrected chi connectivity index (χ1v) is 9.73. The van der Waals surface area contributed by atoms with E-state index in [1.807, 2.05) is 24.8 Å². The van der Waals surface area contributed by atoms with Gasteiger partial charge in [-0.15, -0.1) is 0 Å². The van der Waals surface area contributed by atoms with E-state index in [2.05, 4.69) is 5.32 Å². The van der Waals surface area contributed by atoms with Crippen LogP contribution in [0.4, 0.5) is 15.8 Å². The number of nitrogens with one attached hydrogen (secondary N) is 1. The first kappa shape index (κ1) is 20.4. The van der Waals surface area contributed by atoms with Gasteiger partial charge in [0.25, 0.3) is 5.91 Å². The van der Waals surface area contributed by atoms with Gasteiger partial charge in [-0.3, -0.25) is 4.79 Å². The number of hydrogen-bond acceptors (Lipinski definition) is 4. The first-order valence-electron chi connectivity index (χ1n) is 9.73. The number of hydrogen-bond donors (Lipinski definition) is 1. The fourth-order valence-corrected chi connectivity index (χ4v) is 3.37. The Balaban J connectivity index is 1.82. The summed E-state index contributed by atoms with van der Waals surface area (Å²) in [5.41, 5.74) is 2.33. The largest absolute Gasteiger partial charge is 0.494 e. The van der Waals surface area contributed by atoms with Crippen LogP contribution in [0, 0.1) is 24.1 Å². The molecule has 6 heteroatoms. The molecular weight excluding hydrogens is 369 g/mol. The highest BCUT2D eigenvalue weighted by Gasteiger charge is 2.18. The highest BCUT2D eigenvalue weighted by Crippen LogP contribution is 2.28. The van der Waals surface area contributed by atoms with Gasteiger partial charge in [0.05, 0.1) is 12.3 Å². The van der Waals surface area contributed by atoms with Crippen molar-refractivity contribution in [1.82, 2.24) is 0 Å². The average Bonchev–Trinajstić information content (AvgIpc) is 3.23. The Labute approximate surface area is 170 Å². The molecule has 0 aromatic heterocycles. The van der Waals surface area contributed by atoms with Gasteiger partial charge in [-0.05, 0) is 68.2 Å². The van der Waals surface area contributed by atoms with Crippen LogP contribution in [0.5, 0.6) is 5.75 Å². The van der Waals surface area contributed by atoms with Crippen molar-refractivity contribution in [3.05, 3.63) is 58.9 Å². The van der Waals surface area contributed by atoms with Crippen LogP contribution in [0.15, 0.2) is 42.0 Å². The zero-order valence-corrected chi connectivity index (χ0v) is 16.7. The summed E-state index contributed by atoms with van der Waals surface area (Å²) in [7, 11) is 0. The van der Waals surface area contributed by atoms with Crippen LogP contribution >= 0.6 is 0 Å². The second kappa shape index (κ2) is 9.24. The van der Waals surface area contributed by atoms with Gasteiger partial charge in [0.2, 0.25) is 0 Å². The molecule has 1 fully saturated rings. The molecule has 150 valence electrons. The second-order valence-corrected chi connectivity index (χ2v) is 6.94. The monoisotopic (exact) mass is 393 g/mol. The fraction of sp³-hybridized carbons (Fsp3) is 0.304. The summed E-state index contributed by atoms with van der Waals surface area (Å²) in [4.78, 5) is 14.6. The average molecular weight is 393 g/mol. The standard InChI is InChI=1S/C23H24FN3O2/c1-3-29-20-8-6-7-19(14-20)26-23(28)18(15-25)12-17-13-21(24)22(11-16(17)2)27-9-4-5-10-27/h6-8,11-14H,3-5,9-10H2,1-2H3,(H,26,28)/b18-12-. The van der Waals surface area contributed by atoms with Crippen LogP contribution in [0.1, 0.15) is 30.9 Å². The predicted octanol–water partition coefficient (Wildman–Crippen LogP) is 4.68. The van der Waals surface area contributed by atoms with E-state index in [0.717, 1.165) is 31.5 Å². The van der Waals surface area contributed by atoms with Gasteiger partial charge in [-0.25, -0.2) is 4.39 Å². The quantitative estimate of drug-likeness (QED) is 0.572. The first-order chi connectivity index (χ1) is 14.0. The predicted molar refractivity (Wildman–Crippen MR) is 112 cm³/mol. The Morgan fingerprint density at radius 1 is 1.31 bits per heavy atom. The highest BCUT2D eigenvalue weighted by atomic mass is 19.1. The minimum atomic E-state index is -0.551. The van der Waals surface area contributed by atoms with Gasteiger partial charge in [0, 0.05) is 24.8 Å². The molecule has 29 heavy (non-hydrogen) atoms. The lowest BCUT2D eigenvalue weighted by Gasteiger charge is -2.19. The third kappa shape index (κ3) is 4.94. The third-order valence-electron chi connectivity index (χ3n) is 4.85. The molecule has 0 atom stereocenters. The van der Waals surface area contributed by atoms with Gasteiger partial charge < -0.3 is 15.0 Å². The van der Waals surface area contributed by atoms with Crippen LogP contribution in [-0.2, 0) is 4.79 Å². The van der Waals surface area contributed by atoms with Crippen LogP contribution in [-0.4, -0.2) is 25.6 Å². The van der Waals surface area contributed by atoms with Gasteiger partial charge in [-0.2, -0.15) is 5.26 Å². The maximum absolute atomic E-state index is 14.6. The van der Waals surface area contributed by atoms with Crippen molar-refractivity contribution < 1.29 is 13.9 Å². The molecule has 0 bridgehead atoms. The van der Waals surface area contributed by atoms with E-state index in [1.165, 1.54) is 12.1 Å². The second-order valence-electron chi connectivity index (χ2n) is 6.94. The number of carbonyl (C=O) groups is 1. The summed E-state index contributed by atoms with van der Waals surface area (Å²) in [5.74, 6) is -0.265. The summed E-state index contributed by atoms with van der Waals surface area (Å²) in [6.07, 6.45) is 3.54. The summed E-state index contributed by atoms with van der Waals surface area (Å²) in [5, 5.41) is 12.1. The molecule has 0 spiro atoms. The van der Waals surface area contributed by atoms with Crippen molar-refractivity contribution in [2.75, 3.05) is 29.9 Å². The van der Waals surface area contributed by atoms with Gasteiger partial charge >= 0.3 is 0 Å². The lowest BCUT2D eigenvalue weighted by atomic mass is 10.0. The van der Waals surface area contributed by atoms with Crippen molar-refractivity contribution in [2.24, 2.45) is 0 Å². The van der Waals surface area contributed by atoms with Crippen LogP contribution in [0.2, 0.25) is 0 Å². The van der Waals surface area contributed by atoms with Crippen molar-refractivity contribution in [2.45, 2.75) is 26.7 Å². The molecule has 0 radical (unpaired) electrons. The molecule has 2 aromatic carbocycles. The third-order valence-corrected chi connectivity index (χ3v) is 4.85. The number of rotatable bonds is 6. The molecule has 1 aliphatic heterocycles. The number of nitriles is 1. The number of benzene rings is 2. The zero-order chi connectivity index (χ0) is 20.8. The minimum Gasteiger partial charge on any atom is -0.494 e. The van der Waals surface area contributed by atoms with E-state index in [4.69, 9.17) is 4.74 Å². The maximum Gasteiger partial charge on any atom is 0.266 e. The molecule has 0 unspecified atom stereocenters. The Morgan fingerprint density at radius 2 is 2.07 bits per heavy atom. The molecule has 1 N–H and O–H groups in total. The van der Waals surface area contributed by atoms with Gasteiger partial charge in [0.15, 0.2) is 0 Å². The summed E-state index contributed by atoms with van der Waals surface area (Å²) < 4.78 is 20.0. The molecule has 1 amide bonds. The van der Waals surface area contributed by atoms with E-state index in [0.29, 0.717) is 29.3 Å². The van der Waals surface area contributed by atoms with Crippen LogP contribution in [0.3, 0.4) is 0 Å². The van der Waals surface area contributed by atoms with E-state index in [-0.39, 0.29) is 11.4 Å². The number of amides is 1. The maximum atomic E-state index is 14.6. The number of ether oxygens (including phenoxy) is 1. The van der Waals surface area contributed by atoms with Crippen molar-refractivity contribution >= 4 is 23.4 Å². The van der Waals surface area contributed by atoms with Gasteiger partial charge in [-0.1, -0.05) is 6.07 Å². The van der Waals surface area contributed by atoms with Crippen molar-refractivity contribution in [3.8, 4) is 11.8 Å². The van der Waals surface area contributed by atoms with E-state index in [9.17, 15) is 14.4 Å². The molecular formula is C23H24FN3O2. The highest BCUT2D eigenvalue weighted by molar-refractivity contribution is 6.09. The van der Waals surface area contributed by atoms with Gasteiger partial charge in [0.1, 0.15) is 23.2 Å². The summed E-state index contributed by atoms with van der Waals surface area (Å²) in [6.45, 7) is 5.93. The SMILES string of the molecule is CCOc1cccc(NC(=O)/C(C#N)=C\c2cc(F)c(N3CCCC3)cc2C)c1. The smallest absolute Gasteiger partial charge is 0.266 e. The molecule has 1 aliphatic rings. The van der Waals surface area contributed by atoms with Crippen LogP contribution < -0.4 is 15.0 Å². The summed E-state index contributed by atoms with van der Waals surface area (Å²) >= 11 is 0. The Bertz CT molecular complexity index is 973. The van der Waals surface area contributed by atoms with Crippen molar-refractivity contribution in [1.29, 1.82) is 5.26 Å². The molecule has 0 aliphatic carbocycles. The number of carbonyl (C=O) groups excluding carboxylic acids is 1. The van der Waals surface area contributed by atoms with Crippen molar-refractivity contribution in [3.63, 3.8) is 0 Å². The molecule has 3 rings (SSSR count). The summed E-state index contributed by atoms with van der Waals surface area (Å²) in [6, 6.07) is 12.0. The molecule has 0 saturated carbocycles. The number of halogens is 1. The Morgan fingerprint density at radius 3 is 2.76 bits per heavy atom. The van der Waals surface area contributed by atoms with E-state index in [1.54, 1.807) is 30.3 Å². The topological polar surface area (TPSA) is 65.4 Å². The molecule has 1 heterocycles. The van der Waals surface area contributed by atoms with Crippen LogP contribution in [0.25, 0.3) is 6.08 Å². The number of anilines is 2. The molecule has 1 saturated heterocycles. The lowest BCUT2D eigenvalue weighted by molar-refractivity contribution is -0.112. The Hall–Kier alpha value is -3.33. The normalized spacial score (nSPS) is 13.9. The minimum absolute atomic E-state index is 0.0942. The Kier molecular flexibility index (Phi) is 6.50. The fourth-order valence-electron chi connectivity index (χ4n) is 3.37. The van der Waals surface area contributed by atoms with E-state index >= 15 is 0 Å². The lowest BCUT2D eigenvalue weighted by Crippen LogP contribution is -2.19. The van der Waals surface area contributed by atoms with E-state index < -0.39 is 5.91 Å². The number of aryl methyl sites for hydroxylation is 1. The molecule has 5 nitrogen and oxygen atoms in total. The number of nitrogens with zero attached hydrogens (tertiary/aromatic N) is 2. The zero-order valence-electron chi connectivity index (χ0n) is 16.7.